The number of rotatable bonds is 5. The summed E-state index contributed by atoms with van der Waals surface area (Å²) in [4.78, 5) is 4.55. The first-order chi connectivity index (χ1) is 8.27. The summed E-state index contributed by atoms with van der Waals surface area (Å²) >= 11 is 0. The molecule has 0 saturated heterocycles. The summed E-state index contributed by atoms with van der Waals surface area (Å²) in [6.07, 6.45) is 0. The van der Waals surface area contributed by atoms with Gasteiger partial charge in [-0.25, -0.2) is 0 Å². The molecule has 0 atom stereocenters. The lowest BCUT2D eigenvalue weighted by Crippen LogP contribution is -2.60. The molecule has 0 heterocycles. The number of hydrogen-bond acceptors (Lipinski definition) is 2. The quantitative estimate of drug-likeness (QED) is 0.589. The Labute approximate surface area is 114 Å². The van der Waals surface area contributed by atoms with Crippen LogP contribution in [0.1, 0.15) is 19.4 Å². The Hall–Kier alpha value is -0.903. The first-order valence-electron chi connectivity index (χ1n) is 6.16. The zero-order chi connectivity index (χ0) is 13.9. The van der Waals surface area contributed by atoms with Gasteiger partial charge in [-0.3, -0.25) is 9.80 Å². The number of nitrogens with zero attached hydrogens (tertiary/aromatic N) is 2. The maximum absolute atomic E-state index is 4.02. The molecular formula is C15H24N2Si. The monoisotopic (exact) mass is 260 g/mol. The molecule has 0 fully saturated rings. The molecule has 0 aromatic heterocycles. The van der Waals surface area contributed by atoms with Crippen molar-refractivity contribution < 1.29 is 0 Å². The molecule has 0 aliphatic carbocycles. The second-order valence-corrected chi connectivity index (χ2v) is 7.07. The van der Waals surface area contributed by atoms with Crippen LogP contribution in [0.5, 0.6) is 0 Å². The smallest absolute Gasteiger partial charge is 0.127 e. The zero-order valence-corrected chi connectivity index (χ0v) is 13.4. The third-order valence-corrected chi connectivity index (χ3v) is 5.45. The molecule has 0 spiro atoms. The van der Waals surface area contributed by atoms with Gasteiger partial charge in [-0.05, 0) is 47.6 Å². The van der Waals surface area contributed by atoms with Gasteiger partial charge in [-0.2, -0.15) is 0 Å². The second kappa shape index (κ2) is 5.82. The fraction of sp³-hybridized carbons (Fsp3) is 0.467. The van der Waals surface area contributed by atoms with Crippen molar-refractivity contribution in [3.8, 4) is 0 Å². The molecule has 0 aliphatic rings. The molecular weight excluding hydrogens is 236 g/mol. The highest BCUT2D eigenvalue weighted by Gasteiger charge is 2.30. The second-order valence-electron chi connectivity index (χ2n) is 5.30. The molecule has 18 heavy (non-hydrogen) atoms. The van der Waals surface area contributed by atoms with E-state index in [9.17, 15) is 0 Å². The predicted molar refractivity (Wildman–Crippen MR) is 82.3 cm³/mol. The SMILES string of the molecule is C=C(C)c1cccc([Si]C(C)(N(C)C)N(C)C)c1. The lowest BCUT2D eigenvalue weighted by atomic mass is 10.1. The summed E-state index contributed by atoms with van der Waals surface area (Å²) in [5.74, 6) is 0. The number of benzene rings is 1. The van der Waals surface area contributed by atoms with E-state index in [1.165, 1.54) is 10.8 Å². The van der Waals surface area contributed by atoms with Crippen molar-refractivity contribution in [3.63, 3.8) is 0 Å². The average molecular weight is 260 g/mol. The minimum Gasteiger partial charge on any atom is -0.295 e. The van der Waals surface area contributed by atoms with Crippen LogP contribution in [0, 0.1) is 0 Å². The van der Waals surface area contributed by atoms with E-state index >= 15 is 0 Å². The van der Waals surface area contributed by atoms with E-state index in [4.69, 9.17) is 0 Å². The van der Waals surface area contributed by atoms with Crippen LogP contribution in [-0.4, -0.2) is 52.8 Å². The Morgan fingerprint density at radius 3 is 2.17 bits per heavy atom. The van der Waals surface area contributed by atoms with Gasteiger partial charge in [-0.15, -0.1) is 0 Å². The molecule has 1 aromatic rings. The maximum atomic E-state index is 4.02. The van der Waals surface area contributed by atoms with E-state index in [1.807, 2.05) is 0 Å². The standard InChI is InChI=1S/C15H24N2Si/c1-12(2)13-9-8-10-14(11-13)18-15(3,16(4)5)17(6)7/h8-11H,1H2,2-7H3. The molecule has 98 valence electrons. The molecule has 3 heteroatoms. The van der Waals surface area contributed by atoms with Crippen molar-refractivity contribution in [2.24, 2.45) is 0 Å². The van der Waals surface area contributed by atoms with Crippen LogP contribution in [0.2, 0.25) is 0 Å². The fourth-order valence-corrected chi connectivity index (χ4v) is 3.16. The Bertz CT molecular complexity index is 416. The van der Waals surface area contributed by atoms with Crippen molar-refractivity contribution in [1.82, 2.24) is 9.80 Å². The fourth-order valence-electron chi connectivity index (χ4n) is 1.76. The molecule has 0 unspecified atom stereocenters. The first kappa shape index (κ1) is 15.2. The predicted octanol–water partition coefficient (Wildman–Crippen LogP) is 1.85. The molecule has 1 aromatic carbocycles. The Morgan fingerprint density at radius 2 is 1.72 bits per heavy atom. The largest absolute Gasteiger partial charge is 0.295 e. The van der Waals surface area contributed by atoms with Gasteiger partial charge in [-0.1, -0.05) is 41.6 Å². The van der Waals surface area contributed by atoms with Gasteiger partial charge in [0, 0.05) is 0 Å². The third-order valence-electron chi connectivity index (χ3n) is 3.48. The lowest BCUT2D eigenvalue weighted by Gasteiger charge is -2.42. The number of allylic oxidation sites excluding steroid dienone is 1. The van der Waals surface area contributed by atoms with Crippen LogP contribution in [0.4, 0.5) is 0 Å². The van der Waals surface area contributed by atoms with Crippen molar-refractivity contribution in [1.29, 1.82) is 0 Å². The van der Waals surface area contributed by atoms with Crippen molar-refractivity contribution in [2.75, 3.05) is 28.2 Å². The summed E-state index contributed by atoms with van der Waals surface area (Å²) in [7, 11) is 9.25. The van der Waals surface area contributed by atoms with Gasteiger partial charge in [0.2, 0.25) is 0 Å². The van der Waals surface area contributed by atoms with E-state index in [-0.39, 0.29) is 5.29 Å². The molecule has 1 rings (SSSR count). The summed E-state index contributed by atoms with van der Waals surface area (Å²) in [5, 5.41) is 1.42. The molecule has 0 aliphatic heterocycles. The van der Waals surface area contributed by atoms with Crippen LogP contribution >= 0.6 is 0 Å². The average Bonchev–Trinajstić information content (AvgIpc) is 2.28. The van der Waals surface area contributed by atoms with E-state index in [0.717, 1.165) is 5.57 Å². The van der Waals surface area contributed by atoms with E-state index < -0.39 is 0 Å². The maximum Gasteiger partial charge on any atom is 0.127 e. The van der Waals surface area contributed by atoms with Crippen LogP contribution in [-0.2, 0) is 0 Å². The van der Waals surface area contributed by atoms with Gasteiger partial charge in [0.25, 0.3) is 0 Å². The van der Waals surface area contributed by atoms with Crippen molar-refractivity contribution in [3.05, 3.63) is 36.4 Å². The number of hydrogen-bond donors (Lipinski definition) is 0. The van der Waals surface area contributed by atoms with Crippen LogP contribution < -0.4 is 5.19 Å². The van der Waals surface area contributed by atoms with Gasteiger partial charge < -0.3 is 0 Å². The van der Waals surface area contributed by atoms with Gasteiger partial charge in [0.1, 0.15) is 9.52 Å². The molecule has 0 bridgehead atoms. The Morgan fingerprint density at radius 1 is 1.17 bits per heavy atom. The summed E-state index contributed by atoms with van der Waals surface area (Å²) in [6, 6.07) is 8.71. The molecule has 0 N–H and O–H groups in total. The van der Waals surface area contributed by atoms with E-state index in [0.29, 0.717) is 9.52 Å². The van der Waals surface area contributed by atoms with Crippen LogP contribution in [0.3, 0.4) is 0 Å². The van der Waals surface area contributed by atoms with Crippen LogP contribution in [0.15, 0.2) is 30.8 Å². The van der Waals surface area contributed by atoms with Crippen molar-refractivity contribution in [2.45, 2.75) is 19.1 Å². The summed E-state index contributed by atoms with van der Waals surface area (Å²) in [6.45, 7) is 8.35. The Balaban J connectivity index is 3.02. The topological polar surface area (TPSA) is 6.48 Å². The normalized spacial score (nSPS) is 12.2. The van der Waals surface area contributed by atoms with Gasteiger partial charge >= 0.3 is 0 Å². The van der Waals surface area contributed by atoms with Crippen LogP contribution in [0.25, 0.3) is 5.57 Å². The van der Waals surface area contributed by atoms with Crippen molar-refractivity contribution >= 4 is 20.3 Å². The summed E-state index contributed by atoms with van der Waals surface area (Å²) < 4.78 is 0. The van der Waals surface area contributed by atoms with Gasteiger partial charge in [0.15, 0.2) is 0 Å². The molecule has 2 radical (unpaired) electrons. The van der Waals surface area contributed by atoms with E-state index in [1.54, 1.807) is 0 Å². The lowest BCUT2D eigenvalue weighted by molar-refractivity contribution is 0.101. The highest BCUT2D eigenvalue weighted by molar-refractivity contribution is 6.56. The third kappa shape index (κ3) is 3.31. The zero-order valence-electron chi connectivity index (χ0n) is 12.4. The Kier molecular flexibility index (Phi) is 4.90. The minimum atomic E-state index is 0.0493. The highest BCUT2D eigenvalue weighted by Crippen LogP contribution is 2.14. The minimum absolute atomic E-state index is 0.0493. The first-order valence-corrected chi connectivity index (χ1v) is 7.16. The molecule has 2 nitrogen and oxygen atoms in total. The van der Waals surface area contributed by atoms with Gasteiger partial charge in [0.05, 0.1) is 5.29 Å². The van der Waals surface area contributed by atoms with E-state index in [2.05, 4.69) is 82.7 Å². The highest BCUT2D eigenvalue weighted by atomic mass is 28.2. The molecule has 0 saturated carbocycles. The molecule has 0 amide bonds. The summed E-state index contributed by atoms with van der Waals surface area (Å²) in [5.41, 5.74) is 2.36.